The van der Waals surface area contributed by atoms with Crippen LogP contribution < -0.4 is 5.19 Å². The van der Waals surface area contributed by atoms with Gasteiger partial charge in [-0.3, -0.25) is 0 Å². The zero-order valence-corrected chi connectivity index (χ0v) is 17.0. The van der Waals surface area contributed by atoms with Crippen LogP contribution in [0.3, 0.4) is 0 Å². The molecule has 0 N–H and O–H groups in total. The maximum atomic E-state index is 2.59. The standard InChI is InChI=1S/C24H32Si/c1-19(25(2,3)22-12-8-5-9-13-22)23-18-24(23)16-14-21(15-17-24)20-10-6-4-7-11-20/h4-13,19,21,23H,14-18H2,1-3H3/t19-,21?,23+,24?/m1/s1. The lowest BCUT2D eigenvalue weighted by molar-refractivity contribution is 0.278. The van der Waals surface area contributed by atoms with Crippen molar-refractivity contribution in [2.45, 2.75) is 63.6 Å². The minimum Gasteiger partial charge on any atom is -0.0652 e. The summed E-state index contributed by atoms with van der Waals surface area (Å²) in [6.07, 6.45) is 7.22. The molecule has 0 aromatic heterocycles. The summed E-state index contributed by atoms with van der Waals surface area (Å²) >= 11 is 0. The van der Waals surface area contributed by atoms with Gasteiger partial charge in [0.05, 0.1) is 8.07 Å². The van der Waals surface area contributed by atoms with Gasteiger partial charge in [0.1, 0.15) is 0 Å². The summed E-state index contributed by atoms with van der Waals surface area (Å²) in [5, 5.41) is 1.64. The van der Waals surface area contributed by atoms with Gasteiger partial charge in [-0.1, -0.05) is 85.9 Å². The molecule has 0 aliphatic heterocycles. The fraction of sp³-hybridized carbons (Fsp3) is 0.500. The number of rotatable bonds is 4. The second-order valence-corrected chi connectivity index (χ2v) is 14.2. The molecule has 132 valence electrons. The highest BCUT2D eigenvalue weighted by Gasteiger charge is 2.59. The van der Waals surface area contributed by atoms with Crippen molar-refractivity contribution < 1.29 is 0 Å². The molecule has 0 bridgehead atoms. The zero-order valence-electron chi connectivity index (χ0n) is 16.0. The first kappa shape index (κ1) is 17.1. The van der Waals surface area contributed by atoms with Crippen LogP contribution in [-0.4, -0.2) is 8.07 Å². The zero-order chi connectivity index (χ0) is 17.5. The third-order valence-corrected chi connectivity index (χ3v) is 12.3. The fourth-order valence-electron chi connectivity index (χ4n) is 5.55. The van der Waals surface area contributed by atoms with Crippen LogP contribution in [0.4, 0.5) is 0 Å². The Balaban J connectivity index is 1.42. The quantitative estimate of drug-likeness (QED) is 0.564. The summed E-state index contributed by atoms with van der Waals surface area (Å²) in [4.78, 5) is 0. The molecular formula is C24H32Si. The van der Waals surface area contributed by atoms with E-state index in [1.165, 1.54) is 32.1 Å². The lowest BCUT2D eigenvalue weighted by Gasteiger charge is -2.35. The molecule has 2 aliphatic rings. The van der Waals surface area contributed by atoms with E-state index >= 15 is 0 Å². The Morgan fingerprint density at radius 1 is 0.880 bits per heavy atom. The monoisotopic (exact) mass is 348 g/mol. The SMILES string of the molecule is C[C@H]([C@@H]1CC12CCC(c1ccccc1)CC2)[Si](C)(C)c1ccccc1. The van der Waals surface area contributed by atoms with Gasteiger partial charge in [-0.25, -0.2) is 0 Å². The Morgan fingerprint density at radius 2 is 1.44 bits per heavy atom. The molecule has 4 rings (SSSR count). The van der Waals surface area contributed by atoms with Crippen molar-refractivity contribution in [3.63, 3.8) is 0 Å². The molecule has 2 saturated carbocycles. The third-order valence-electron chi connectivity index (χ3n) is 7.76. The van der Waals surface area contributed by atoms with E-state index in [1.807, 2.05) is 0 Å². The van der Waals surface area contributed by atoms with E-state index in [0.717, 1.165) is 17.4 Å². The van der Waals surface area contributed by atoms with Gasteiger partial charge in [-0.05, 0) is 60.5 Å². The molecule has 2 fully saturated rings. The number of benzene rings is 2. The molecular weight excluding hydrogens is 316 g/mol. The summed E-state index contributed by atoms with van der Waals surface area (Å²) in [6, 6.07) is 22.6. The van der Waals surface area contributed by atoms with Crippen LogP contribution in [-0.2, 0) is 0 Å². The molecule has 0 heterocycles. The highest BCUT2D eigenvalue weighted by molar-refractivity contribution is 6.91. The van der Waals surface area contributed by atoms with E-state index < -0.39 is 8.07 Å². The Morgan fingerprint density at radius 3 is 2.04 bits per heavy atom. The Bertz CT molecular complexity index is 695. The van der Waals surface area contributed by atoms with Gasteiger partial charge in [-0.15, -0.1) is 0 Å². The molecule has 2 atom stereocenters. The Hall–Kier alpha value is -1.34. The molecule has 0 radical (unpaired) electrons. The van der Waals surface area contributed by atoms with Crippen LogP contribution in [0, 0.1) is 11.3 Å². The summed E-state index contributed by atoms with van der Waals surface area (Å²) in [5.74, 6) is 1.79. The average Bonchev–Trinajstić information content (AvgIpc) is 3.36. The van der Waals surface area contributed by atoms with Gasteiger partial charge in [0.15, 0.2) is 0 Å². The van der Waals surface area contributed by atoms with E-state index in [2.05, 4.69) is 80.7 Å². The maximum Gasteiger partial charge on any atom is 0.0837 e. The van der Waals surface area contributed by atoms with E-state index in [1.54, 1.807) is 10.8 Å². The van der Waals surface area contributed by atoms with Gasteiger partial charge < -0.3 is 0 Å². The van der Waals surface area contributed by atoms with Crippen molar-refractivity contribution in [1.29, 1.82) is 0 Å². The summed E-state index contributed by atoms with van der Waals surface area (Å²) in [5.41, 5.74) is 3.16. The largest absolute Gasteiger partial charge is 0.0837 e. The van der Waals surface area contributed by atoms with Crippen LogP contribution in [0.2, 0.25) is 18.6 Å². The van der Waals surface area contributed by atoms with Crippen LogP contribution in [0.25, 0.3) is 0 Å². The highest BCUT2D eigenvalue weighted by atomic mass is 28.3. The van der Waals surface area contributed by atoms with Crippen molar-refractivity contribution in [2.75, 3.05) is 0 Å². The number of hydrogen-bond donors (Lipinski definition) is 0. The van der Waals surface area contributed by atoms with E-state index in [0.29, 0.717) is 5.41 Å². The third kappa shape index (κ3) is 3.12. The molecule has 1 heteroatoms. The second kappa shape index (κ2) is 6.43. The molecule has 2 aromatic carbocycles. The molecule has 25 heavy (non-hydrogen) atoms. The van der Waals surface area contributed by atoms with E-state index in [9.17, 15) is 0 Å². The van der Waals surface area contributed by atoms with Crippen molar-refractivity contribution >= 4 is 13.3 Å². The summed E-state index contributed by atoms with van der Waals surface area (Å²) in [7, 11) is -1.37. The molecule has 2 aromatic rings. The van der Waals surface area contributed by atoms with Crippen molar-refractivity contribution in [2.24, 2.45) is 11.3 Å². The normalized spacial score (nSPS) is 30.2. The van der Waals surface area contributed by atoms with Gasteiger partial charge in [0.2, 0.25) is 0 Å². The van der Waals surface area contributed by atoms with Crippen LogP contribution in [0.15, 0.2) is 60.7 Å². The first-order valence-corrected chi connectivity index (χ1v) is 13.2. The summed E-state index contributed by atoms with van der Waals surface area (Å²) in [6.45, 7) is 7.76. The lowest BCUT2D eigenvalue weighted by atomic mass is 9.75. The molecule has 0 nitrogen and oxygen atoms in total. The average molecular weight is 349 g/mol. The van der Waals surface area contributed by atoms with Crippen molar-refractivity contribution in [3.8, 4) is 0 Å². The van der Waals surface area contributed by atoms with Gasteiger partial charge >= 0.3 is 0 Å². The molecule has 0 unspecified atom stereocenters. The number of hydrogen-bond acceptors (Lipinski definition) is 0. The van der Waals surface area contributed by atoms with Crippen LogP contribution in [0.1, 0.15) is 50.5 Å². The topological polar surface area (TPSA) is 0 Å². The predicted molar refractivity (Wildman–Crippen MR) is 111 cm³/mol. The van der Waals surface area contributed by atoms with E-state index in [-0.39, 0.29) is 0 Å². The lowest BCUT2D eigenvalue weighted by Crippen LogP contribution is -2.46. The molecule has 0 amide bonds. The van der Waals surface area contributed by atoms with E-state index in [4.69, 9.17) is 0 Å². The maximum absolute atomic E-state index is 2.59. The van der Waals surface area contributed by atoms with Crippen LogP contribution in [0.5, 0.6) is 0 Å². The van der Waals surface area contributed by atoms with Gasteiger partial charge in [-0.2, -0.15) is 0 Å². The van der Waals surface area contributed by atoms with Crippen LogP contribution >= 0.6 is 0 Å². The van der Waals surface area contributed by atoms with Crippen molar-refractivity contribution in [3.05, 3.63) is 66.2 Å². The highest BCUT2D eigenvalue weighted by Crippen LogP contribution is 2.68. The predicted octanol–water partition coefficient (Wildman–Crippen LogP) is 6.36. The smallest absolute Gasteiger partial charge is 0.0652 e. The fourth-order valence-corrected chi connectivity index (χ4v) is 8.60. The van der Waals surface area contributed by atoms with Gasteiger partial charge in [0, 0.05) is 0 Å². The first-order valence-electron chi connectivity index (χ1n) is 10.1. The first-order chi connectivity index (χ1) is 12.0. The summed E-state index contributed by atoms with van der Waals surface area (Å²) < 4.78 is 0. The minimum atomic E-state index is -1.37. The molecule has 0 saturated heterocycles. The van der Waals surface area contributed by atoms with Crippen molar-refractivity contribution in [1.82, 2.24) is 0 Å². The second-order valence-electron chi connectivity index (χ2n) is 9.23. The Labute approximate surface area is 154 Å². The minimum absolute atomic E-state index is 0.698. The Kier molecular flexibility index (Phi) is 4.39. The molecule has 2 aliphatic carbocycles. The van der Waals surface area contributed by atoms with Gasteiger partial charge in [0.25, 0.3) is 0 Å². The molecule has 1 spiro atoms.